The van der Waals surface area contributed by atoms with Crippen LogP contribution >= 0.6 is 11.6 Å². The van der Waals surface area contributed by atoms with E-state index >= 15 is 0 Å². The van der Waals surface area contributed by atoms with Crippen molar-refractivity contribution >= 4 is 23.4 Å². The van der Waals surface area contributed by atoms with Gasteiger partial charge in [-0.05, 0) is 31.0 Å². The molecule has 0 saturated carbocycles. The average molecular weight is 366 g/mol. The highest BCUT2D eigenvalue weighted by atomic mass is 35.5. The van der Waals surface area contributed by atoms with Crippen molar-refractivity contribution in [2.24, 2.45) is 11.1 Å². The number of rotatable bonds is 3. The highest BCUT2D eigenvalue weighted by Crippen LogP contribution is 2.32. The third-order valence-corrected chi connectivity index (χ3v) is 5.46. The molecule has 6 nitrogen and oxygen atoms in total. The lowest BCUT2D eigenvalue weighted by Gasteiger charge is -2.42. The molecule has 3 rings (SSSR count). The first-order valence-electron chi connectivity index (χ1n) is 8.68. The smallest absolute Gasteiger partial charge is 0.254 e. The molecule has 1 aromatic rings. The Hall–Kier alpha value is -1.63. The van der Waals surface area contributed by atoms with E-state index in [4.69, 9.17) is 22.1 Å². The number of nitrogens with zero attached hydrogens (tertiary/aromatic N) is 2. The van der Waals surface area contributed by atoms with Crippen LogP contribution in [-0.2, 0) is 9.53 Å². The van der Waals surface area contributed by atoms with E-state index in [-0.39, 0.29) is 11.8 Å². The van der Waals surface area contributed by atoms with Gasteiger partial charge in [0.15, 0.2) is 0 Å². The fourth-order valence-electron chi connectivity index (χ4n) is 3.52. The number of hydrogen-bond acceptors (Lipinski definition) is 4. The fourth-order valence-corrected chi connectivity index (χ4v) is 3.71. The fraction of sp³-hybridized carbons (Fsp3) is 0.556. The molecule has 0 atom stereocenters. The molecular formula is C18H24ClN3O3. The Morgan fingerprint density at radius 3 is 2.36 bits per heavy atom. The molecule has 0 aliphatic carbocycles. The van der Waals surface area contributed by atoms with Gasteiger partial charge in [-0.25, -0.2) is 0 Å². The Labute approximate surface area is 152 Å². The molecule has 25 heavy (non-hydrogen) atoms. The summed E-state index contributed by atoms with van der Waals surface area (Å²) in [5, 5.41) is 0.545. The number of hydrogen-bond donors (Lipinski definition) is 1. The van der Waals surface area contributed by atoms with Crippen molar-refractivity contribution in [1.29, 1.82) is 0 Å². The lowest BCUT2D eigenvalue weighted by molar-refractivity contribution is -0.148. The molecule has 136 valence electrons. The third-order valence-electron chi connectivity index (χ3n) is 5.22. The normalized spacial score (nSPS) is 20.4. The van der Waals surface area contributed by atoms with Gasteiger partial charge >= 0.3 is 0 Å². The van der Waals surface area contributed by atoms with Crippen LogP contribution in [0, 0.1) is 5.41 Å². The van der Waals surface area contributed by atoms with E-state index < -0.39 is 5.41 Å². The molecule has 0 aromatic heterocycles. The molecule has 1 aromatic carbocycles. The number of carbonyl (C=O) groups is 2. The highest BCUT2D eigenvalue weighted by Gasteiger charge is 2.42. The second kappa shape index (κ2) is 7.72. The summed E-state index contributed by atoms with van der Waals surface area (Å²) in [6, 6.07) is 6.95. The van der Waals surface area contributed by atoms with Gasteiger partial charge in [0.1, 0.15) is 0 Å². The third kappa shape index (κ3) is 3.81. The summed E-state index contributed by atoms with van der Waals surface area (Å²) < 4.78 is 5.38. The van der Waals surface area contributed by atoms with Crippen LogP contribution in [0.5, 0.6) is 0 Å². The minimum absolute atomic E-state index is 0.0470. The van der Waals surface area contributed by atoms with E-state index in [0.717, 1.165) is 0 Å². The van der Waals surface area contributed by atoms with Crippen LogP contribution in [-0.4, -0.2) is 67.6 Å². The molecular weight excluding hydrogens is 342 g/mol. The van der Waals surface area contributed by atoms with Crippen LogP contribution in [0.3, 0.4) is 0 Å². The first kappa shape index (κ1) is 18.2. The summed E-state index contributed by atoms with van der Waals surface area (Å²) in [4.78, 5) is 29.2. The van der Waals surface area contributed by atoms with Crippen molar-refractivity contribution in [2.75, 3.05) is 45.9 Å². The summed E-state index contributed by atoms with van der Waals surface area (Å²) in [6.45, 7) is 3.62. The zero-order valence-electron chi connectivity index (χ0n) is 14.2. The molecule has 0 radical (unpaired) electrons. The molecule has 2 aliphatic heterocycles. The molecule has 2 N–H and O–H groups in total. The van der Waals surface area contributed by atoms with Gasteiger partial charge in [0.2, 0.25) is 5.91 Å². The summed E-state index contributed by atoms with van der Waals surface area (Å²) >= 11 is 5.96. The monoisotopic (exact) mass is 365 g/mol. The van der Waals surface area contributed by atoms with Crippen LogP contribution < -0.4 is 5.73 Å². The van der Waals surface area contributed by atoms with Crippen LogP contribution in [0.1, 0.15) is 23.2 Å². The number of ether oxygens (including phenoxy) is 1. The average Bonchev–Trinajstić information content (AvgIpc) is 2.67. The van der Waals surface area contributed by atoms with Crippen LogP contribution in [0.25, 0.3) is 0 Å². The van der Waals surface area contributed by atoms with Crippen molar-refractivity contribution in [3.8, 4) is 0 Å². The van der Waals surface area contributed by atoms with Gasteiger partial charge in [0.25, 0.3) is 5.91 Å². The van der Waals surface area contributed by atoms with Gasteiger partial charge in [-0.3, -0.25) is 9.59 Å². The van der Waals surface area contributed by atoms with Gasteiger partial charge in [-0.15, -0.1) is 0 Å². The molecule has 2 fully saturated rings. The van der Waals surface area contributed by atoms with Crippen molar-refractivity contribution in [1.82, 2.24) is 9.80 Å². The minimum atomic E-state index is -0.503. The molecule has 2 heterocycles. The predicted octanol–water partition coefficient (Wildman–Crippen LogP) is 1.38. The lowest BCUT2D eigenvalue weighted by Crippen LogP contribution is -2.57. The quantitative estimate of drug-likeness (QED) is 0.878. The van der Waals surface area contributed by atoms with Gasteiger partial charge in [-0.2, -0.15) is 0 Å². The second-order valence-electron chi connectivity index (χ2n) is 6.69. The summed E-state index contributed by atoms with van der Waals surface area (Å²) in [6.07, 6.45) is 1.34. The van der Waals surface area contributed by atoms with E-state index in [2.05, 4.69) is 0 Å². The first-order chi connectivity index (χ1) is 12.1. The molecule has 0 unspecified atom stereocenters. The van der Waals surface area contributed by atoms with Gasteiger partial charge in [-0.1, -0.05) is 17.7 Å². The Kier molecular flexibility index (Phi) is 5.61. The highest BCUT2D eigenvalue weighted by molar-refractivity contribution is 6.30. The predicted molar refractivity (Wildman–Crippen MR) is 95.5 cm³/mol. The van der Waals surface area contributed by atoms with Crippen LogP contribution in [0.4, 0.5) is 0 Å². The zero-order chi connectivity index (χ0) is 17.9. The molecule has 0 spiro atoms. The van der Waals surface area contributed by atoms with Crippen LogP contribution in [0.2, 0.25) is 5.02 Å². The molecule has 2 amide bonds. The maximum atomic E-state index is 13.0. The van der Waals surface area contributed by atoms with Crippen molar-refractivity contribution in [2.45, 2.75) is 12.8 Å². The number of carbonyl (C=O) groups excluding carboxylic acids is 2. The Morgan fingerprint density at radius 1 is 1.12 bits per heavy atom. The van der Waals surface area contributed by atoms with Gasteiger partial charge in [0.05, 0.1) is 5.41 Å². The summed E-state index contributed by atoms with van der Waals surface area (Å²) in [5.41, 5.74) is 6.01. The molecule has 7 heteroatoms. The first-order valence-corrected chi connectivity index (χ1v) is 9.05. The maximum absolute atomic E-state index is 13.0. The Balaban J connectivity index is 1.61. The van der Waals surface area contributed by atoms with Crippen LogP contribution in [0.15, 0.2) is 24.3 Å². The standard InChI is InChI=1S/C18H24ClN3O3/c19-15-3-1-2-14(12-15)16(23)21-6-8-22(9-7-21)17(24)18(13-20)4-10-25-11-5-18/h1-3,12H,4-11,13,20H2. The Bertz CT molecular complexity index is 638. The number of benzene rings is 1. The topological polar surface area (TPSA) is 75.9 Å². The van der Waals surface area contributed by atoms with Gasteiger partial charge in [0, 0.05) is 56.5 Å². The number of halogens is 1. The Morgan fingerprint density at radius 2 is 1.76 bits per heavy atom. The van der Waals surface area contributed by atoms with Crippen molar-refractivity contribution in [3.05, 3.63) is 34.9 Å². The summed E-state index contributed by atoms with van der Waals surface area (Å²) in [7, 11) is 0. The van der Waals surface area contributed by atoms with Crippen molar-refractivity contribution in [3.63, 3.8) is 0 Å². The largest absolute Gasteiger partial charge is 0.381 e. The van der Waals surface area contributed by atoms with Crippen molar-refractivity contribution < 1.29 is 14.3 Å². The maximum Gasteiger partial charge on any atom is 0.254 e. The number of piperazine rings is 1. The lowest BCUT2D eigenvalue weighted by atomic mass is 9.78. The second-order valence-corrected chi connectivity index (χ2v) is 7.13. The SMILES string of the molecule is NCC1(C(=O)N2CCN(C(=O)c3cccc(Cl)c3)CC2)CCOCC1. The van der Waals surface area contributed by atoms with E-state index in [1.54, 1.807) is 29.2 Å². The molecule has 2 saturated heterocycles. The van der Waals surface area contributed by atoms with E-state index in [9.17, 15) is 9.59 Å². The minimum Gasteiger partial charge on any atom is -0.381 e. The molecule has 2 aliphatic rings. The molecule has 0 bridgehead atoms. The van der Waals surface area contributed by atoms with E-state index in [1.807, 2.05) is 4.90 Å². The van der Waals surface area contributed by atoms with E-state index in [0.29, 0.717) is 69.4 Å². The van der Waals surface area contributed by atoms with E-state index in [1.165, 1.54) is 0 Å². The number of amides is 2. The zero-order valence-corrected chi connectivity index (χ0v) is 15.0. The number of nitrogens with two attached hydrogens (primary N) is 1. The van der Waals surface area contributed by atoms with Gasteiger partial charge < -0.3 is 20.3 Å². The summed E-state index contributed by atoms with van der Waals surface area (Å²) in [5.74, 6) is 0.0577.